The summed E-state index contributed by atoms with van der Waals surface area (Å²) in [4.78, 5) is 27.2. The van der Waals surface area contributed by atoms with Crippen LogP contribution in [0.15, 0.2) is 66.9 Å². The van der Waals surface area contributed by atoms with Gasteiger partial charge in [-0.1, -0.05) is 48.5 Å². The lowest BCUT2D eigenvalue weighted by Gasteiger charge is -2.30. The number of carbonyl (C=O) groups excluding carboxylic acids is 2. The van der Waals surface area contributed by atoms with Gasteiger partial charge in [0.05, 0.1) is 12.5 Å². The molecule has 5 heteroatoms. The third kappa shape index (κ3) is 4.59. The van der Waals surface area contributed by atoms with Gasteiger partial charge < -0.3 is 9.47 Å². The van der Waals surface area contributed by atoms with E-state index in [0.29, 0.717) is 38.9 Å². The summed E-state index contributed by atoms with van der Waals surface area (Å²) in [5.74, 6) is 0.126. The third-order valence-electron chi connectivity index (χ3n) is 5.93. The maximum atomic E-state index is 12.7. The van der Waals surface area contributed by atoms with Gasteiger partial charge in [0.15, 0.2) is 5.78 Å². The monoisotopic (exact) mass is 411 g/mol. The lowest BCUT2D eigenvalue weighted by atomic mass is 9.89. The summed E-state index contributed by atoms with van der Waals surface area (Å²) in [6, 6.07) is 19.6. The molecule has 1 aromatic heterocycles. The van der Waals surface area contributed by atoms with Gasteiger partial charge in [-0.15, -0.1) is 0 Å². The molecule has 1 aliphatic rings. The van der Waals surface area contributed by atoms with Gasteiger partial charge in [0, 0.05) is 59.9 Å². The fourth-order valence-corrected chi connectivity index (χ4v) is 4.23. The van der Waals surface area contributed by atoms with Gasteiger partial charge in [-0.05, 0) is 25.0 Å². The Balaban J connectivity index is 1.40. The molecule has 0 unspecified atom stereocenters. The first-order valence-corrected chi connectivity index (χ1v) is 10.7. The minimum Gasteiger partial charge on any atom is -0.346 e. The number of amides is 1. The molecule has 3 aromatic rings. The van der Waals surface area contributed by atoms with E-state index in [2.05, 4.69) is 10.6 Å². The largest absolute Gasteiger partial charge is 0.346 e. The minimum atomic E-state index is -0.0283. The van der Waals surface area contributed by atoms with E-state index in [4.69, 9.17) is 5.26 Å². The second kappa shape index (κ2) is 9.44. The van der Waals surface area contributed by atoms with Crippen LogP contribution in [0.2, 0.25) is 0 Å². The van der Waals surface area contributed by atoms with Crippen molar-refractivity contribution in [1.29, 1.82) is 5.26 Å². The SMILES string of the molecule is N#CCCn1cc(C=CC(=O)N2CCC(C(=O)c3ccccc3)CC2)c2ccccc21. The Morgan fingerprint density at radius 3 is 2.48 bits per heavy atom. The minimum absolute atomic E-state index is 0.0199. The first-order valence-electron chi connectivity index (χ1n) is 10.7. The van der Waals surface area contributed by atoms with Crippen molar-refractivity contribution in [3.63, 3.8) is 0 Å². The zero-order valence-corrected chi connectivity index (χ0v) is 17.4. The fraction of sp³-hybridized carbons (Fsp3) is 0.269. The number of carbonyl (C=O) groups is 2. The van der Waals surface area contributed by atoms with Crippen LogP contribution in [0.4, 0.5) is 0 Å². The molecule has 0 spiro atoms. The maximum absolute atomic E-state index is 12.7. The van der Waals surface area contributed by atoms with E-state index in [-0.39, 0.29) is 17.6 Å². The molecule has 2 aromatic carbocycles. The van der Waals surface area contributed by atoms with Gasteiger partial charge in [0.1, 0.15) is 0 Å². The zero-order valence-electron chi connectivity index (χ0n) is 17.4. The van der Waals surface area contributed by atoms with Crippen LogP contribution in [-0.2, 0) is 11.3 Å². The summed E-state index contributed by atoms with van der Waals surface area (Å²) >= 11 is 0. The van der Waals surface area contributed by atoms with Gasteiger partial charge in [-0.3, -0.25) is 9.59 Å². The Hall–Kier alpha value is -3.65. The van der Waals surface area contributed by atoms with E-state index < -0.39 is 0 Å². The van der Waals surface area contributed by atoms with E-state index >= 15 is 0 Å². The average molecular weight is 412 g/mol. The summed E-state index contributed by atoms with van der Waals surface area (Å²) in [5.41, 5.74) is 2.78. The zero-order chi connectivity index (χ0) is 21.6. The molecule has 0 aliphatic carbocycles. The van der Waals surface area contributed by atoms with Crippen molar-refractivity contribution in [1.82, 2.24) is 9.47 Å². The summed E-state index contributed by atoms with van der Waals surface area (Å²) in [5, 5.41) is 9.96. The molecule has 0 saturated carbocycles. The van der Waals surface area contributed by atoms with Crippen molar-refractivity contribution in [3.8, 4) is 6.07 Å². The van der Waals surface area contributed by atoms with E-state index in [9.17, 15) is 9.59 Å². The van der Waals surface area contributed by atoms with Crippen LogP contribution >= 0.6 is 0 Å². The number of ketones is 1. The highest BCUT2D eigenvalue weighted by molar-refractivity contribution is 5.99. The van der Waals surface area contributed by atoms with E-state index in [1.165, 1.54) is 0 Å². The van der Waals surface area contributed by atoms with Gasteiger partial charge in [-0.25, -0.2) is 0 Å². The number of rotatable bonds is 6. The number of Topliss-reactive ketones (excluding diaryl/α,β-unsaturated/α-hetero) is 1. The van der Waals surface area contributed by atoms with Crippen LogP contribution in [0.3, 0.4) is 0 Å². The van der Waals surface area contributed by atoms with Crippen molar-refractivity contribution in [3.05, 3.63) is 78.0 Å². The van der Waals surface area contributed by atoms with E-state index in [1.54, 1.807) is 6.08 Å². The number of likely N-dealkylation sites (tertiary alicyclic amines) is 1. The van der Waals surface area contributed by atoms with E-state index in [1.807, 2.05) is 71.8 Å². The number of aromatic nitrogens is 1. The van der Waals surface area contributed by atoms with Gasteiger partial charge in [-0.2, -0.15) is 5.26 Å². The number of piperidine rings is 1. The van der Waals surface area contributed by atoms with Crippen LogP contribution in [0, 0.1) is 17.2 Å². The Labute approximate surface area is 182 Å². The summed E-state index contributed by atoms with van der Waals surface area (Å²) in [7, 11) is 0. The molecule has 1 fully saturated rings. The van der Waals surface area contributed by atoms with E-state index in [0.717, 1.165) is 22.0 Å². The van der Waals surface area contributed by atoms with Crippen LogP contribution in [0.1, 0.15) is 35.2 Å². The van der Waals surface area contributed by atoms with Crippen LogP contribution in [-0.4, -0.2) is 34.2 Å². The summed E-state index contributed by atoms with van der Waals surface area (Å²) in [6.45, 7) is 1.81. The molecule has 1 aliphatic heterocycles. The average Bonchev–Trinajstić information content (AvgIpc) is 3.19. The normalized spacial score (nSPS) is 14.7. The van der Waals surface area contributed by atoms with Gasteiger partial charge in [0.2, 0.25) is 5.91 Å². The molecule has 5 nitrogen and oxygen atoms in total. The molecular formula is C26H25N3O2. The molecule has 0 atom stereocenters. The van der Waals surface area contributed by atoms with Crippen molar-refractivity contribution in [2.24, 2.45) is 5.92 Å². The number of benzene rings is 2. The van der Waals surface area contributed by atoms with Crippen molar-refractivity contribution in [2.75, 3.05) is 13.1 Å². The molecule has 0 N–H and O–H groups in total. The molecule has 1 amide bonds. The fourth-order valence-electron chi connectivity index (χ4n) is 4.23. The Morgan fingerprint density at radius 2 is 1.74 bits per heavy atom. The topological polar surface area (TPSA) is 66.1 Å². The van der Waals surface area contributed by atoms with Crippen molar-refractivity contribution >= 4 is 28.7 Å². The highest BCUT2D eigenvalue weighted by atomic mass is 16.2. The number of aryl methyl sites for hydroxylation is 1. The molecule has 1 saturated heterocycles. The Morgan fingerprint density at radius 1 is 1.03 bits per heavy atom. The highest BCUT2D eigenvalue weighted by Crippen LogP contribution is 2.24. The lowest BCUT2D eigenvalue weighted by Crippen LogP contribution is -2.39. The first kappa shape index (κ1) is 20.6. The standard InChI is InChI=1S/C26H25N3O2/c27-15-6-16-29-19-22(23-9-4-5-10-24(23)29)11-12-25(30)28-17-13-21(14-18-28)26(31)20-7-2-1-3-8-20/h1-5,7-12,19,21H,6,13-14,16-18H2. The van der Waals surface area contributed by atoms with Gasteiger partial charge in [0.25, 0.3) is 0 Å². The summed E-state index contributed by atoms with van der Waals surface area (Å²) in [6.07, 6.45) is 7.31. The molecule has 0 radical (unpaired) electrons. The third-order valence-corrected chi connectivity index (χ3v) is 5.93. The second-order valence-electron chi connectivity index (χ2n) is 7.87. The molecular weight excluding hydrogens is 386 g/mol. The Kier molecular flexibility index (Phi) is 6.28. The van der Waals surface area contributed by atoms with Crippen LogP contribution < -0.4 is 0 Å². The summed E-state index contributed by atoms with van der Waals surface area (Å²) < 4.78 is 2.06. The lowest BCUT2D eigenvalue weighted by molar-refractivity contribution is -0.127. The number of nitrogens with zero attached hydrogens (tertiary/aromatic N) is 3. The molecule has 156 valence electrons. The number of hydrogen-bond acceptors (Lipinski definition) is 3. The van der Waals surface area contributed by atoms with Crippen LogP contribution in [0.5, 0.6) is 0 Å². The first-order chi connectivity index (χ1) is 15.2. The van der Waals surface area contributed by atoms with Gasteiger partial charge >= 0.3 is 0 Å². The highest BCUT2D eigenvalue weighted by Gasteiger charge is 2.27. The molecule has 2 heterocycles. The van der Waals surface area contributed by atoms with Crippen LogP contribution in [0.25, 0.3) is 17.0 Å². The molecule has 0 bridgehead atoms. The maximum Gasteiger partial charge on any atom is 0.246 e. The number of nitriles is 1. The van der Waals surface area contributed by atoms with Crippen molar-refractivity contribution in [2.45, 2.75) is 25.8 Å². The molecule has 31 heavy (non-hydrogen) atoms. The predicted molar refractivity (Wildman–Crippen MR) is 121 cm³/mol. The number of para-hydroxylation sites is 1. The quantitative estimate of drug-likeness (QED) is 0.437. The number of fused-ring (bicyclic) bond motifs is 1. The van der Waals surface area contributed by atoms with Crippen molar-refractivity contribution < 1.29 is 9.59 Å². The predicted octanol–water partition coefficient (Wildman–Crippen LogP) is 4.69. The Bertz CT molecular complexity index is 1150. The smallest absolute Gasteiger partial charge is 0.246 e. The second-order valence-corrected chi connectivity index (χ2v) is 7.87. The molecule has 4 rings (SSSR count). The number of hydrogen-bond donors (Lipinski definition) is 0.